The summed E-state index contributed by atoms with van der Waals surface area (Å²) in [7, 11) is 2.22. The molecule has 96 valence electrons. The van der Waals surface area contributed by atoms with Gasteiger partial charge in [-0.25, -0.2) is 0 Å². The highest BCUT2D eigenvalue weighted by Gasteiger charge is 2.39. The van der Waals surface area contributed by atoms with E-state index >= 15 is 0 Å². The van der Waals surface area contributed by atoms with Crippen LogP contribution in [-0.2, 0) is 4.74 Å². The second-order valence-electron chi connectivity index (χ2n) is 7.21. The lowest BCUT2D eigenvalue weighted by Gasteiger charge is -2.42. The number of nitrogens with zero attached hydrogens (tertiary/aromatic N) is 1. The average molecular weight is 227 g/mol. The summed E-state index contributed by atoms with van der Waals surface area (Å²) in [6.07, 6.45) is 2.90. The van der Waals surface area contributed by atoms with Crippen molar-refractivity contribution in [2.24, 2.45) is 5.41 Å². The summed E-state index contributed by atoms with van der Waals surface area (Å²) in [6.45, 7) is 14.5. The molecule has 0 N–H and O–H groups in total. The van der Waals surface area contributed by atoms with Gasteiger partial charge in [-0.3, -0.25) is 0 Å². The zero-order valence-electron chi connectivity index (χ0n) is 12.1. The van der Waals surface area contributed by atoms with Gasteiger partial charge in [0, 0.05) is 6.04 Å². The van der Waals surface area contributed by atoms with Crippen molar-refractivity contribution >= 4 is 0 Å². The Morgan fingerprint density at radius 3 is 2.00 bits per heavy atom. The fourth-order valence-corrected chi connectivity index (χ4v) is 2.53. The van der Waals surface area contributed by atoms with E-state index in [-0.39, 0.29) is 11.0 Å². The van der Waals surface area contributed by atoms with E-state index in [1.807, 2.05) is 0 Å². The van der Waals surface area contributed by atoms with Crippen molar-refractivity contribution in [1.82, 2.24) is 4.90 Å². The smallest absolute Gasteiger partial charge is 0.0785 e. The molecule has 0 aromatic heterocycles. The maximum Gasteiger partial charge on any atom is 0.0785 e. The number of likely N-dealkylation sites (N-methyl/N-ethyl adjacent to an activating group) is 1. The first-order valence-corrected chi connectivity index (χ1v) is 6.49. The molecule has 1 fully saturated rings. The van der Waals surface area contributed by atoms with Crippen LogP contribution in [0.2, 0.25) is 0 Å². The van der Waals surface area contributed by atoms with Crippen LogP contribution in [0.1, 0.15) is 54.4 Å². The topological polar surface area (TPSA) is 12.5 Å². The van der Waals surface area contributed by atoms with Crippen LogP contribution in [0.5, 0.6) is 0 Å². The molecule has 0 amide bonds. The summed E-state index contributed by atoms with van der Waals surface area (Å²) >= 11 is 0. The predicted molar refractivity (Wildman–Crippen MR) is 69.7 cm³/mol. The molecule has 16 heavy (non-hydrogen) atoms. The molecule has 0 aromatic carbocycles. The standard InChI is InChI=1S/C14H29NO/c1-13(2,3)12(16-14(4,5)6)11-9-8-10-15(11)7/h11-12H,8-10H2,1-7H3/t11-,12?/m1/s1. The first kappa shape index (κ1) is 14.0. The monoisotopic (exact) mass is 227 g/mol. The van der Waals surface area contributed by atoms with Crippen molar-refractivity contribution in [2.75, 3.05) is 13.6 Å². The van der Waals surface area contributed by atoms with Crippen LogP contribution in [0.15, 0.2) is 0 Å². The van der Waals surface area contributed by atoms with Crippen LogP contribution in [0, 0.1) is 5.41 Å². The first-order chi connectivity index (χ1) is 7.11. The zero-order chi connectivity index (χ0) is 12.6. The molecule has 1 aliphatic heterocycles. The number of likely N-dealkylation sites (tertiary alicyclic amines) is 1. The molecule has 0 bridgehead atoms. The van der Waals surface area contributed by atoms with Gasteiger partial charge in [0.05, 0.1) is 11.7 Å². The molecular weight excluding hydrogens is 198 g/mol. The van der Waals surface area contributed by atoms with Gasteiger partial charge in [0.2, 0.25) is 0 Å². The maximum absolute atomic E-state index is 6.31. The largest absolute Gasteiger partial charge is 0.370 e. The van der Waals surface area contributed by atoms with Gasteiger partial charge in [-0.05, 0) is 52.6 Å². The van der Waals surface area contributed by atoms with E-state index in [0.29, 0.717) is 12.1 Å². The second-order valence-corrected chi connectivity index (χ2v) is 7.21. The molecule has 2 atom stereocenters. The molecule has 2 nitrogen and oxygen atoms in total. The Labute approximate surface area is 101 Å². The summed E-state index contributed by atoms with van der Waals surface area (Å²) < 4.78 is 6.31. The van der Waals surface area contributed by atoms with Crippen LogP contribution in [0.4, 0.5) is 0 Å². The molecule has 0 saturated carbocycles. The van der Waals surface area contributed by atoms with E-state index in [2.05, 4.69) is 53.5 Å². The predicted octanol–water partition coefficient (Wildman–Crippen LogP) is 3.31. The summed E-state index contributed by atoms with van der Waals surface area (Å²) in [4.78, 5) is 2.46. The van der Waals surface area contributed by atoms with Crippen molar-refractivity contribution in [2.45, 2.75) is 72.1 Å². The minimum atomic E-state index is -0.0542. The lowest BCUT2D eigenvalue weighted by atomic mass is 9.83. The summed E-state index contributed by atoms with van der Waals surface area (Å²) in [5.74, 6) is 0. The molecule has 1 unspecified atom stereocenters. The molecule has 1 aliphatic rings. The molecule has 0 aliphatic carbocycles. The lowest BCUT2D eigenvalue weighted by molar-refractivity contribution is -0.130. The molecule has 1 rings (SSSR count). The normalized spacial score (nSPS) is 26.1. The highest BCUT2D eigenvalue weighted by atomic mass is 16.5. The third kappa shape index (κ3) is 3.74. The van der Waals surface area contributed by atoms with Gasteiger partial charge >= 0.3 is 0 Å². The average Bonchev–Trinajstić information content (AvgIpc) is 2.43. The van der Waals surface area contributed by atoms with Crippen molar-refractivity contribution in [3.8, 4) is 0 Å². The number of rotatable bonds is 2. The van der Waals surface area contributed by atoms with Gasteiger partial charge in [-0.2, -0.15) is 0 Å². The molecular formula is C14H29NO. The second kappa shape index (κ2) is 4.66. The zero-order valence-corrected chi connectivity index (χ0v) is 12.1. The third-order valence-corrected chi connectivity index (χ3v) is 3.26. The fraction of sp³-hybridized carbons (Fsp3) is 1.00. The van der Waals surface area contributed by atoms with Crippen LogP contribution >= 0.6 is 0 Å². The highest BCUT2D eigenvalue weighted by molar-refractivity contribution is 4.91. The van der Waals surface area contributed by atoms with Gasteiger partial charge in [-0.1, -0.05) is 20.8 Å². The first-order valence-electron chi connectivity index (χ1n) is 6.49. The van der Waals surface area contributed by atoms with Crippen LogP contribution < -0.4 is 0 Å². The number of ether oxygens (including phenoxy) is 1. The van der Waals surface area contributed by atoms with Crippen molar-refractivity contribution in [3.63, 3.8) is 0 Å². The van der Waals surface area contributed by atoms with E-state index in [1.54, 1.807) is 0 Å². The third-order valence-electron chi connectivity index (χ3n) is 3.26. The Morgan fingerprint density at radius 2 is 1.69 bits per heavy atom. The van der Waals surface area contributed by atoms with E-state index in [9.17, 15) is 0 Å². The Bertz CT molecular complexity index is 224. The number of hydrogen-bond donors (Lipinski definition) is 0. The summed E-state index contributed by atoms with van der Waals surface area (Å²) in [5, 5.41) is 0. The van der Waals surface area contributed by atoms with E-state index in [4.69, 9.17) is 4.74 Å². The minimum Gasteiger partial charge on any atom is -0.370 e. The number of hydrogen-bond acceptors (Lipinski definition) is 2. The van der Waals surface area contributed by atoms with Gasteiger partial charge in [0.25, 0.3) is 0 Å². The lowest BCUT2D eigenvalue weighted by Crippen LogP contribution is -2.48. The molecule has 1 heterocycles. The van der Waals surface area contributed by atoms with Gasteiger partial charge in [-0.15, -0.1) is 0 Å². The van der Waals surface area contributed by atoms with Crippen LogP contribution in [0.3, 0.4) is 0 Å². The maximum atomic E-state index is 6.31. The van der Waals surface area contributed by atoms with E-state index in [0.717, 1.165) is 0 Å². The van der Waals surface area contributed by atoms with Crippen LogP contribution in [0.25, 0.3) is 0 Å². The molecule has 1 saturated heterocycles. The minimum absolute atomic E-state index is 0.0542. The Hall–Kier alpha value is -0.0800. The van der Waals surface area contributed by atoms with Crippen molar-refractivity contribution in [3.05, 3.63) is 0 Å². The van der Waals surface area contributed by atoms with Gasteiger partial charge in [0.1, 0.15) is 0 Å². The quantitative estimate of drug-likeness (QED) is 0.717. The van der Waals surface area contributed by atoms with Gasteiger partial charge in [0.15, 0.2) is 0 Å². The van der Waals surface area contributed by atoms with E-state index in [1.165, 1.54) is 19.4 Å². The SMILES string of the molecule is CN1CCC[C@@H]1C(OC(C)(C)C)C(C)(C)C. The molecule has 2 heteroatoms. The Morgan fingerprint density at radius 1 is 1.12 bits per heavy atom. The Balaban J connectivity index is 2.79. The Kier molecular flexibility index (Phi) is 4.07. The van der Waals surface area contributed by atoms with Crippen molar-refractivity contribution < 1.29 is 4.74 Å². The van der Waals surface area contributed by atoms with Crippen LogP contribution in [-0.4, -0.2) is 36.2 Å². The summed E-state index contributed by atoms with van der Waals surface area (Å²) in [6, 6.07) is 0.583. The van der Waals surface area contributed by atoms with Crippen molar-refractivity contribution in [1.29, 1.82) is 0 Å². The van der Waals surface area contributed by atoms with E-state index < -0.39 is 0 Å². The summed E-state index contributed by atoms with van der Waals surface area (Å²) in [5.41, 5.74) is 0.151. The van der Waals surface area contributed by atoms with Gasteiger partial charge < -0.3 is 9.64 Å². The molecule has 0 radical (unpaired) electrons. The fourth-order valence-electron chi connectivity index (χ4n) is 2.53. The highest BCUT2D eigenvalue weighted by Crippen LogP contribution is 2.34. The molecule has 0 spiro atoms. The molecule has 0 aromatic rings.